The van der Waals surface area contributed by atoms with Gasteiger partial charge in [0.05, 0.1) is 6.04 Å². The molecule has 2 aromatic rings. The van der Waals surface area contributed by atoms with Gasteiger partial charge in [-0.3, -0.25) is 4.79 Å². The van der Waals surface area contributed by atoms with Crippen LogP contribution < -0.4 is 16.1 Å². The molecule has 0 bridgehead atoms. The maximum Gasteiger partial charge on any atom is 0.296 e. The van der Waals surface area contributed by atoms with Crippen LogP contribution in [-0.4, -0.2) is 31.9 Å². The summed E-state index contributed by atoms with van der Waals surface area (Å²) in [6.45, 7) is 7.22. The Morgan fingerprint density at radius 1 is 0.963 bits per heavy atom. The predicted octanol–water partition coefficient (Wildman–Crippen LogP) is 2.82. The maximum absolute atomic E-state index is 12.9. The van der Waals surface area contributed by atoms with Crippen LogP contribution in [0.2, 0.25) is 5.04 Å². The van der Waals surface area contributed by atoms with E-state index >= 15 is 0 Å². The van der Waals surface area contributed by atoms with Gasteiger partial charge in [-0.25, -0.2) is 5.06 Å². The quantitative estimate of drug-likeness (QED) is 0.828. The van der Waals surface area contributed by atoms with E-state index in [1.165, 1.54) is 0 Å². The lowest BCUT2D eigenvalue weighted by atomic mass is 10.1. The van der Waals surface area contributed by atoms with E-state index in [0.29, 0.717) is 6.54 Å². The first-order chi connectivity index (χ1) is 12.9. The molecular formula is C22H30N2O2Si. The summed E-state index contributed by atoms with van der Waals surface area (Å²) < 4.78 is 6.82. The second-order valence-corrected chi connectivity index (χ2v) is 12.5. The Labute approximate surface area is 163 Å². The van der Waals surface area contributed by atoms with E-state index in [-0.39, 0.29) is 10.9 Å². The Balaban J connectivity index is 2.16. The summed E-state index contributed by atoms with van der Waals surface area (Å²) in [7, 11) is -2.78. The Morgan fingerprint density at radius 3 is 1.96 bits per heavy atom. The lowest BCUT2D eigenvalue weighted by Gasteiger charge is -2.45. The molecule has 1 saturated heterocycles. The van der Waals surface area contributed by atoms with Gasteiger partial charge < -0.3 is 10.3 Å². The van der Waals surface area contributed by atoms with Gasteiger partial charge in [-0.2, -0.15) is 0 Å². The molecule has 0 radical (unpaired) electrons. The van der Waals surface area contributed by atoms with Crippen molar-refractivity contribution in [3.63, 3.8) is 0 Å². The first-order valence-corrected chi connectivity index (χ1v) is 11.6. The van der Waals surface area contributed by atoms with E-state index in [2.05, 4.69) is 45.0 Å². The highest BCUT2D eigenvalue weighted by Crippen LogP contribution is 2.37. The summed E-state index contributed by atoms with van der Waals surface area (Å²) in [5.74, 6) is -0.0968. The largest absolute Gasteiger partial charge is 0.320 e. The molecule has 4 nitrogen and oxygen atoms in total. The number of nitrogens with two attached hydrogens (primary N) is 1. The van der Waals surface area contributed by atoms with Gasteiger partial charge >= 0.3 is 0 Å². The van der Waals surface area contributed by atoms with Crippen LogP contribution in [0.5, 0.6) is 0 Å². The van der Waals surface area contributed by atoms with Crippen molar-refractivity contribution in [3.05, 3.63) is 60.7 Å². The summed E-state index contributed by atoms with van der Waals surface area (Å²) >= 11 is 0. The van der Waals surface area contributed by atoms with Gasteiger partial charge in [0.1, 0.15) is 0 Å². The number of amides is 1. The number of hydrogen-bond acceptors (Lipinski definition) is 3. The van der Waals surface area contributed by atoms with E-state index in [1.807, 2.05) is 36.4 Å². The molecule has 5 heteroatoms. The van der Waals surface area contributed by atoms with Gasteiger partial charge in [-0.15, -0.1) is 0 Å². The summed E-state index contributed by atoms with van der Waals surface area (Å²) in [6.07, 6.45) is 2.59. The fourth-order valence-corrected chi connectivity index (χ4v) is 8.30. The lowest BCUT2D eigenvalue weighted by Crippen LogP contribution is -2.69. The van der Waals surface area contributed by atoms with Crippen LogP contribution in [0.4, 0.5) is 0 Å². The number of benzene rings is 2. The third kappa shape index (κ3) is 3.86. The van der Waals surface area contributed by atoms with Crippen LogP contribution >= 0.6 is 0 Å². The van der Waals surface area contributed by atoms with E-state index in [9.17, 15) is 4.79 Å². The van der Waals surface area contributed by atoms with Crippen LogP contribution in [0.3, 0.4) is 0 Å². The zero-order valence-electron chi connectivity index (χ0n) is 16.5. The van der Waals surface area contributed by atoms with E-state index in [0.717, 1.165) is 29.6 Å². The maximum atomic E-state index is 12.9. The second kappa shape index (κ2) is 7.96. The minimum Gasteiger partial charge on any atom is -0.320 e. The van der Waals surface area contributed by atoms with Crippen molar-refractivity contribution in [2.24, 2.45) is 5.73 Å². The summed E-state index contributed by atoms with van der Waals surface area (Å²) in [6, 6.07) is 20.3. The monoisotopic (exact) mass is 382 g/mol. The van der Waals surface area contributed by atoms with Crippen LogP contribution in [0.1, 0.15) is 40.0 Å². The van der Waals surface area contributed by atoms with Gasteiger partial charge in [0.2, 0.25) is 0 Å². The third-order valence-electron chi connectivity index (χ3n) is 5.35. The molecule has 27 heavy (non-hydrogen) atoms. The Morgan fingerprint density at radius 2 is 1.48 bits per heavy atom. The molecule has 1 heterocycles. The highest BCUT2D eigenvalue weighted by Gasteiger charge is 2.53. The second-order valence-electron chi connectivity index (χ2n) is 8.30. The molecule has 0 saturated carbocycles. The van der Waals surface area contributed by atoms with Crippen molar-refractivity contribution < 1.29 is 9.32 Å². The van der Waals surface area contributed by atoms with Gasteiger partial charge in [-0.05, 0) is 34.7 Å². The third-order valence-corrected chi connectivity index (χ3v) is 10.3. The first kappa shape index (κ1) is 19.8. The molecule has 0 unspecified atom stereocenters. The summed E-state index contributed by atoms with van der Waals surface area (Å²) in [4.78, 5) is 12.9. The Kier molecular flexibility index (Phi) is 5.84. The highest BCUT2D eigenvalue weighted by molar-refractivity contribution is 6.99. The average Bonchev–Trinajstić information content (AvgIpc) is 2.82. The van der Waals surface area contributed by atoms with Gasteiger partial charge in [0.25, 0.3) is 14.2 Å². The smallest absolute Gasteiger partial charge is 0.296 e. The van der Waals surface area contributed by atoms with Crippen molar-refractivity contribution in [2.45, 2.75) is 51.1 Å². The minimum atomic E-state index is -2.78. The van der Waals surface area contributed by atoms with E-state index in [4.69, 9.17) is 10.3 Å². The molecule has 1 aliphatic heterocycles. The normalized spacial score (nSPS) is 19.0. The molecular weight excluding hydrogens is 352 g/mol. The van der Waals surface area contributed by atoms with Crippen LogP contribution in [0.25, 0.3) is 0 Å². The molecule has 0 aliphatic carbocycles. The number of carbonyl (C=O) groups is 1. The molecule has 0 aromatic heterocycles. The first-order valence-electron chi connectivity index (χ1n) is 9.73. The molecule has 1 aliphatic rings. The number of hydrogen-bond donors (Lipinski definition) is 1. The number of rotatable bonds is 4. The van der Waals surface area contributed by atoms with Crippen molar-refractivity contribution in [1.82, 2.24) is 5.06 Å². The van der Waals surface area contributed by atoms with Gasteiger partial charge in [-0.1, -0.05) is 81.4 Å². The highest BCUT2D eigenvalue weighted by atomic mass is 28.4. The molecule has 2 aromatic carbocycles. The van der Waals surface area contributed by atoms with Gasteiger partial charge in [0, 0.05) is 6.54 Å². The zero-order valence-corrected chi connectivity index (χ0v) is 17.5. The van der Waals surface area contributed by atoms with E-state index < -0.39 is 14.4 Å². The Bertz CT molecular complexity index is 719. The fourth-order valence-electron chi connectivity index (χ4n) is 3.91. The molecule has 2 N–H and O–H groups in total. The number of nitrogens with zero attached hydrogens (tertiary/aromatic N) is 1. The fraction of sp³-hybridized carbons (Fsp3) is 0.409. The molecule has 1 amide bonds. The molecule has 144 valence electrons. The average molecular weight is 383 g/mol. The molecule has 1 atom stereocenters. The molecule has 1 fully saturated rings. The lowest BCUT2D eigenvalue weighted by molar-refractivity contribution is -0.160. The van der Waals surface area contributed by atoms with Crippen molar-refractivity contribution in [3.8, 4) is 0 Å². The van der Waals surface area contributed by atoms with Crippen LogP contribution in [-0.2, 0) is 9.32 Å². The summed E-state index contributed by atoms with van der Waals surface area (Å²) in [5.41, 5.74) is 6.12. The van der Waals surface area contributed by atoms with E-state index in [1.54, 1.807) is 5.06 Å². The van der Waals surface area contributed by atoms with Crippen molar-refractivity contribution in [1.29, 1.82) is 0 Å². The molecule has 3 rings (SSSR count). The minimum absolute atomic E-state index is 0.0968. The predicted molar refractivity (Wildman–Crippen MR) is 112 cm³/mol. The van der Waals surface area contributed by atoms with Crippen LogP contribution in [0, 0.1) is 0 Å². The number of hydroxylamine groups is 2. The molecule has 0 spiro atoms. The topological polar surface area (TPSA) is 55.6 Å². The van der Waals surface area contributed by atoms with Crippen LogP contribution in [0.15, 0.2) is 60.7 Å². The standard InChI is InChI=1S/C22H30N2O2Si/c1-22(2,3)27(18-12-6-4-7-13-18,19-14-8-5-9-15-19)26-24-17-11-10-16-20(23)21(24)25/h4-9,12-15,20H,10-11,16-17,23H2,1-3H3/t20-/m1/s1. The Hall–Kier alpha value is -1.95. The van der Waals surface area contributed by atoms with Crippen molar-refractivity contribution >= 4 is 24.6 Å². The summed E-state index contributed by atoms with van der Waals surface area (Å²) in [5, 5.41) is 3.73. The van der Waals surface area contributed by atoms with Crippen molar-refractivity contribution in [2.75, 3.05) is 6.54 Å². The zero-order chi connectivity index (χ0) is 19.5. The van der Waals surface area contributed by atoms with Gasteiger partial charge in [0.15, 0.2) is 0 Å². The number of carbonyl (C=O) groups excluding carboxylic acids is 1. The SMILES string of the molecule is CC(C)(C)[Si](ON1CCCC[C@@H](N)C1=O)(c1ccccc1)c1ccccc1.